The van der Waals surface area contributed by atoms with Gasteiger partial charge in [0.15, 0.2) is 0 Å². The number of nitrogens with zero attached hydrogens (tertiary/aromatic N) is 2. The molecule has 0 saturated heterocycles. The number of rotatable bonds is 0. The second-order valence-electron chi connectivity index (χ2n) is 5.36. The Balaban J connectivity index is 2.20. The van der Waals surface area contributed by atoms with E-state index in [1.54, 1.807) is 6.20 Å². The monoisotopic (exact) mass is 238 g/mol. The highest BCUT2D eigenvalue weighted by atomic mass is 16.6. The van der Waals surface area contributed by atoms with Crippen molar-refractivity contribution in [3.05, 3.63) is 17.5 Å². The van der Waals surface area contributed by atoms with Gasteiger partial charge in [0.2, 0.25) is 0 Å². The average Bonchev–Trinajstić information content (AvgIpc) is 2.60. The average molecular weight is 238 g/mol. The molecule has 0 amide bonds. The van der Waals surface area contributed by atoms with E-state index >= 15 is 0 Å². The lowest BCUT2D eigenvalue weighted by atomic mass is 9.96. The standard InChI is InChI=1S/C12H18N2O3/c1-12(2,3)17-11(16)14-7-8-9(13-14)5-4-6-10(8)15/h7,10,15H,4-6H2,1-3H3. The number of ether oxygens (including phenoxy) is 1. The van der Waals surface area contributed by atoms with Crippen LogP contribution in [0.3, 0.4) is 0 Å². The summed E-state index contributed by atoms with van der Waals surface area (Å²) in [5.41, 5.74) is 1.01. The van der Waals surface area contributed by atoms with Crippen molar-refractivity contribution in [2.75, 3.05) is 0 Å². The van der Waals surface area contributed by atoms with Crippen molar-refractivity contribution in [1.29, 1.82) is 0 Å². The number of aliphatic hydroxyl groups is 1. The first kappa shape index (κ1) is 12.1. The van der Waals surface area contributed by atoms with Gasteiger partial charge >= 0.3 is 6.09 Å². The third kappa shape index (κ3) is 2.66. The Labute approximate surface area is 100 Å². The Morgan fingerprint density at radius 3 is 2.88 bits per heavy atom. The van der Waals surface area contributed by atoms with Gasteiger partial charge in [-0.15, -0.1) is 0 Å². The van der Waals surface area contributed by atoms with Crippen LogP contribution in [0.15, 0.2) is 6.20 Å². The first-order valence-corrected chi connectivity index (χ1v) is 5.87. The van der Waals surface area contributed by atoms with Gasteiger partial charge in [0, 0.05) is 11.8 Å². The van der Waals surface area contributed by atoms with Crippen molar-refractivity contribution in [1.82, 2.24) is 9.78 Å². The minimum atomic E-state index is -0.540. The summed E-state index contributed by atoms with van der Waals surface area (Å²) < 4.78 is 6.40. The van der Waals surface area contributed by atoms with Crippen LogP contribution in [0.1, 0.15) is 51.0 Å². The summed E-state index contributed by atoms with van der Waals surface area (Å²) in [5.74, 6) is 0. The van der Waals surface area contributed by atoms with Crippen LogP contribution in [0, 0.1) is 0 Å². The molecule has 0 aromatic carbocycles. The van der Waals surface area contributed by atoms with Crippen LogP contribution >= 0.6 is 0 Å². The van der Waals surface area contributed by atoms with E-state index in [0.717, 1.165) is 30.5 Å². The topological polar surface area (TPSA) is 64.4 Å². The molecule has 0 radical (unpaired) electrons. The third-order valence-electron chi connectivity index (χ3n) is 2.65. The molecule has 5 nitrogen and oxygen atoms in total. The van der Waals surface area contributed by atoms with Crippen LogP contribution in [0.2, 0.25) is 0 Å². The molecule has 1 N–H and O–H groups in total. The van der Waals surface area contributed by atoms with Gasteiger partial charge < -0.3 is 9.84 Å². The van der Waals surface area contributed by atoms with E-state index in [1.807, 2.05) is 20.8 Å². The van der Waals surface area contributed by atoms with Crippen LogP contribution < -0.4 is 0 Å². The van der Waals surface area contributed by atoms with Gasteiger partial charge in [-0.1, -0.05) is 0 Å². The van der Waals surface area contributed by atoms with Gasteiger partial charge in [0.25, 0.3) is 0 Å². The summed E-state index contributed by atoms with van der Waals surface area (Å²) in [6.45, 7) is 5.43. The van der Waals surface area contributed by atoms with E-state index in [0.29, 0.717) is 0 Å². The smallest absolute Gasteiger partial charge is 0.435 e. The zero-order valence-corrected chi connectivity index (χ0v) is 10.4. The zero-order chi connectivity index (χ0) is 12.6. The maximum atomic E-state index is 11.8. The Kier molecular flexibility index (Phi) is 2.95. The number of aliphatic hydroxyl groups excluding tert-OH is 1. The van der Waals surface area contributed by atoms with E-state index in [2.05, 4.69) is 5.10 Å². The fraction of sp³-hybridized carbons (Fsp3) is 0.667. The van der Waals surface area contributed by atoms with Crippen molar-refractivity contribution in [3.63, 3.8) is 0 Å². The van der Waals surface area contributed by atoms with Crippen molar-refractivity contribution in [3.8, 4) is 0 Å². The second kappa shape index (κ2) is 4.14. The summed E-state index contributed by atoms with van der Waals surface area (Å²) in [7, 11) is 0. The minimum Gasteiger partial charge on any atom is -0.442 e. The molecule has 1 aromatic rings. The third-order valence-corrected chi connectivity index (χ3v) is 2.65. The number of aryl methyl sites for hydroxylation is 1. The molecule has 94 valence electrons. The van der Waals surface area contributed by atoms with Crippen molar-refractivity contribution >= 4 is 6.09 Å². The molecule has 1 aromatic heterocycles. The quantitative estimate of drug-likeness (QED) is 0.751. The Hall–Kier alpha value is -1.36. The molecule has 0 bridgehead atoms. The molecular weight excluding hydrogens is 220 g/mol. The molecule has 1 unspecified atom stereocenters. The summed E-state index contributed by atoms with van der Waals surface area (Å²) in [6.07, 6.45) is 3.01. The normalized spacial score (nSPS) is 19.9. The molecule has 2 rings (SSSR count). The lowest BCUT2D eigenvalue weighted by Crippen LogP contribution is -2.27. The van der Waals surface area contributed by atoms with Crippen LogP contribution in [0.25, 0.3) is 0 Å². The Morgan fingerprint density at radius 2 is 2.29 bits per heavy atom. The molecule has 1 aliphatic carbocycles. The molecule has 1 aliphatic rings. The Morgan fingerprint density at radius 1 is 1.59 bits per heavy atom. The van der Waals surface area contributed by atoms with Crippen LogP contribution in [0.4, 0.5) is 4.79 Å². The highest BCUT2D eigenvalue weighted by Gasteiger charge is 2.25. The van der Waals surface area contributed by atoms with Gasteiger partial charge in [-0.2, -0.15) is 9.78 Å². The van der Waals surface area contributed by atoms with Crippen molar-refractivity contribution < 1.29 is 14.6 Å². The number of fused-ring (bicyclic) bond motifs is 1. The predicted octanol–water partition coefficient (Wildman–Crippen LogP) is 2.04. The van der Waals surface area contributed by atoms with E-state index in [9.17, 15) is 9.90 Å². The SMILES string of the molecule is CC(C)(C)OC(=O)n1cc2c(n1)CCCC2O. The summed E-state index contributed by atoms with van der Waals surface area (Å²) in [5, 5.41) is 14.0. The van der Waals surface area contributed by atoms with Crippen LogP contribution in [-0.4, -0.2) is 26.6 Å². The maximum absolute atomic E-state index is 11.8. The lowest BCUT2D eigenvalue weighted by Gasteiger charge is -2.18. The second-order valence-corrected chi connectivity index (χ2v) is 5.36. The summed E-state index contributed by atoms with van der Waals surface area (Å²) in [4.78, 5) is 11.8. The van der Waals surface area contributed by atoms with Gasteiger partial charge in [-0.25, -0.2) is 4.79 Å². The number of aromatic nitrogens is 2. The number of carbonyl (C=O) groups excluding carboxylic acids is 1. The van der Waals surface area contributed by atoms with Crippen molar-refractivity contribution in [2.24, 2.45) is 0 Å². The zero-order valence-electron chi connectivity index (χ0n) is 10.4. The molecule has 5 heteroatoms. The van der Waals surface area contributed by atoms with Crippen LogP contribution in [-0.2, 0) is 11.2 Å². The maximum Gasteiger partial charge on any atom is 0.435 e. The van der Waals surface area contributed by atoms with E-state index in [1.165, 1.54) is 4.68 Å². The molecule has 0 aliphatic heterocycles. The number of carbonyl (C=O) groups is 1. The van der Waals surface area contributed by atoms with Gasteiger partial charge in [0.1, 0.15) is 5.60 Å². The molecule has 1 heterocycles. The molecule has 0 saturated carbocycles. The minimum absolute atomic E-state index is 0.501. The largest absolute Gasteiger partial charge is 0.442 e. The molecule has 17 heavy (non-hydrogen) atoms. The molecule has 1 atom stereocenters. The van der Waals surface area contributed by atoms with Gasteiger partial charge in [-0.3, -0.25) is 0 Å². The fourth-order valence-corrected chi connectivity index (χ4v) is 1.92. The van der Waals surface area contributed by atoms with Crippen LogP contribution in [0.5, 0.6) is 0 Å². The van der Waals surface area contributed by atoms with Gasteiger partial charge in [0.05, 0.1) is 11.8 Å². The highest BCUT2D eigenvalue weighted by Crippen LogP contribution is 2.28. The van der Waals surface area contributed by atoms with E-state index < -0.39 is 17.8 Å². The first-order valence-electron chi connectivity index (χ1n) is 5.87. The van der Waals surface area contributed by atoms with Crippen molar-refractivity contribution in [2.45, 2.75) is 51.7 Å². The summed E-state index contributed by atoms with van der Waals surface area (Å²) >= 11 is 0. The first-order chi connectivity index (χ1) is 7.87. The fourth-order valence-electron chi connectivity index (χ4n) is 1.92. The Bertz CT molecular complexity index is 431. The predicted molar refractivity (Wildman–Crippen MR) is 61.8 cm³/mol. The molecule has 0 fully saturated rings. The summed E-state index contributed by atoms with van der Waals surface area (Å²) in [6, 6.07) is 0. The molecule has 0 spiro atoms. The number of hydrogen-bond acceptors (Lipinski definition) is 4. The van der Waals surface area contributed by atoms with Gasteiger partial charge in [-0.05, 0) is 40.0 Å². The van der Waals surface area contributed by atoms with E-state index in [4.69, 9.17) is 4.74 Å². The number of hydrogen-bond donors (Lipinski definition) is 1. The molecular formula is C12H18N2O3. The lowest BCUT2D eigenvalue weighted by molar-refractivity contribution is 0.0513. The highest BCUT2D eigenvalue weighted by molar-refractivity contribution is 5.70. The van der Waals surface area contributed by atoms with E-state index in [-0.39, 0.29) is 0 Å².